The van der Waals surface area contributed by atoms with E-state index < -0.39 is 0 Å². The second-order valence-electron chi connectivity index (χ2n) is 5.27. The van der Waals surface area contributed by atoms with E-state index in [9.17, 15) is 9.90 Å². The number of hydrogen-bond acceptors (Lipinski definition) is 4. The van der Waals surface area contributed by atoms with Crippen LogP contribution in [0.15, 0.2) is 18.2 Å². The Labute approximate surface area is 130 Å². The summed E-state index contributed by atoms with van der Waals surface area (Å²) in [6.45, 7) is 0.759. The van der Waals surface area contributed by atoms with Crippen molar-refractivity contribution < 1.29 is 14.6 Å². The van der Waals surface area contributed by atoms with E-state index in [-0.39, 0.29) is 18.6 Å². The maximum Gasteiger partial charge on any atom is 0.220 e. The van der Waals surface area contributed by atoms with Crippen molar-refractivity contribution in [1.29, 1.82) is 0 Å². The number of hydrogen-bond donors (Lipinski definition) is 2. The highest BCUT2D eigenvalue weighted by molar-refractivity contribution is 7.98. The summed E-state index contributed by atoms with van der Waals surface area (Å²) in [5, 5.41) is 12.2. The van der Waals surface area contributed by atoms with Gasteiger partial charge >= 0.3 is 0 Å². The van der Waals surface area contributed by atoms with Crippen LogP contribution in [0.3, 0.4) is 0 Å². The molecule has 116 valence electrons. The summed E-state index contributed by atoms with van der Waals surface area (Å²) in [6.07, 6.45) is 4.96. The standard InChI is InChI=1S/C16H23NO3S/c1-21-9-7-14(11-18)17-16(19)5-3-12-2-4-15-13(10-12)6-8-20-15/h2,4,10,14,18H,3,5-9,11H2,1H3,(H,17,19)/t14-/m0/s1. The van der Waals surface area contributed by atoms with Gasteiger partial charge in [-0.05, 0) is 42.0 Å². The molecule has 1 aliphatic rings. The van der Waals surface area contributed by atoms with Crippen molar-refractivity contribution in [1.82, 2.24) is 5.32 Å². The minimum absolute atomic E-state index is 0.00246. The third kappa shape index (κ3) is 4.93. The van der Waals surface area contributed by atoms with Crippen molar-refractivity contribution in [2.45, 2.75) is 31.7 Å². The molecule has 5 heteroatoms. The van der Waals surface area contributed by atoms with Crippen LogP contribution < -0.4 is 10.1 Å². The first-order valence-corrected chi connectivity index (χ1v) is 8.76. The van der Waals surface area contributed by atoms with Crippen LogP contribution in [0.5, 0.6) is 5.75 Å². The van der Waals surface area contributed by atoms with E-state index in [0.29, 0.717) is 6.42 Å². The fraction of sp³-hybridized carbons (Fsp3) is 0.562. The first kappa shape index (κ1) is 16.2. The second kappa shape index (κ2) is 8.29. The summed E-state index contributed by atoms with van der Waals surface area (Å²) in [5.41, 5.74) is 2.40. The van der Waals surface area contributed by atoms with Gasteiger partial charge in [0.1, 0.15) is 5.75 Å². The summed E-state index contributed by atoms with van der Waals surface area (Å²) in [5.74, 6) is 1.92. The van der Waals surface area contributed by atoms with Gasteiger partial charge in [0.25, 0.3) is 0 Å². The van der Waals surface area contributed by atoms with E-state index in [2.05, 4.69) is 11.4 Å². The number of rotatable bonds is 8. The van der Waals surface area contributed by atoms with Crippen LogP contribution in [-0.4, -0.2) is 42.3 Å². The highest BCUT2D eigenvalue weighted by Gasteiger charge is 2.14. The van der Waals surface area contributed by atoms with Crippen molar-refractivity contribution in [2.24, 2.45) is 0 Å². The molecule has 2 rings (SSSR count). The maximum atomic E-state index is 11.9. The summed E-state index contributed by atoms with van der Waals surface area (Å²) >= 11 is 1.72. The molecule has 0 bridgehead atoms. The average molecular weight is 309 g/mol. The van der Waals surface area contributed by atoms with Crippen LogP contribution in [0.2, 0.25) is 0 Å². The Morgan fingerprint density at radius 1 is 1.52 bits per heavy atom. The van der Waals surface area contributed by atoms with E-state index in [1.54, 1.807) is 11.8 Å². The Balaban J connectivity index is 1.78. The predicted octanol–water partition coefficient (Wildman–Crippen LogP) is 1.78. The molecule has 1 aromatic rings. The third-order valence-corrected chi connectivity index (χ3v) is 4.29. The molecule has 0 unspecified atom stereocenters. The highest BCUT2D eigenvalue weighted by Crippen LogP contribution is 2.26. The molecule has 2 N–H and O–H groups in total. The van der Waals surface area contributed by atoms with Crippen LogP contribution >= 0.6 is 11.8 Å². The molecule has 1 aromatic carbocycles. The summed E-state index contributed by atoms with van der Waals surface area (Å²) < 4.78 is 5.47. The van der Waals surface area contributed by atoms with Crippen molar-refractivity contribution in [3.05, 3.63) is 29.3 Å². The number of amides is 1. The lowest BCUT2D eigenvalue weighted by Crippen LogP contribution is -2.38. The van der Waals surface area contributed by atoms with Crippen molar-refractivity contribution >= 4 is 17.7 Å². The van der Waals surface area contributed by atoms with Crippen LogP contribution in [-0.2, 0) is 17.6 Å². The zero-order valence-corrected chi connectivity index (χ0v) is 13.2. The third-order valence-electron chi connectivity index (χ3n) is 3.65. The van der Waals surface area contributed by atoms with Gasteiger partial charge in [0.05, 0.1) is 19.3 Å². The Morgan fingerprint density at radius 3 is 3.14 bits per heavy atom. The Morgan fingerprint density at radius 2 is 2.38 bits per heavy atom. The summed E-state index contributed by atoms with van der Waals surface area (Å²) in [6, 6.07) is 6.02. The van der Waals surface area contributed by atoms with E-state index in [1.165, 1.54) is 11.1 Å². The molecule has 21 heavy (non-hydrogen) atoms. The predicted molar refractivity (Wildman–Crippen MR) is 86.0 cm³/mol. The molecule has 1 amide bonds. The normalized spacial score (nSPS) is 14.4. The molecule has 4 nitrogen and oxygen atoms in total. The van der Waals surface area contributed by atoms with E-state index in [0.717, 1.165) is 37.4 Å². The Bertz CT molecular complexity index is 479. The number of thioether (sulfide) groups is 1. The number of aryl methyl sites for hydroxylation is 1. The number of carbonyl (C=O) groups is 1. The monoisotopic (exact) mass is 309 g/mol. The fourth-order valence-corrected chi connectivity index (χ4v) is 2.94. The molecule has 0 fully saturated rings. The van der Waals surface area contributed by atoms with Crippen molar-refractivity contribution in [3.63, 3.8) is 0 Å². The molecule has 0 aliphatic carbocycles. The van der Waals surface area contributed by atoms with Gasteiger partial charge in [0.2, 0.25) is 5.91 Å². The number of aliphatic hydroxyl groups excluding tert-OH is 1. The van der Waals surface area contributed by atoms with E-state index >= 15 is 0 Å². The molecule has 1 heterocycles. The first-order valence-electron chi connectivity index (χ1n) is 7.36. The van der Waals surface area contributed by atoms with Gasteiger partial charge in [-0.25, -0.2) is 0 Å². The minimum Gasteiger partial charge on any atom is -0.493 e. The molecule has 1 aliphatic heterocycles. The molecule has 0 spiro atoms. The summed E-state index contributed by atoms with van der Waals surface area (Å²) in [4.78, 5) is 11.9. The lowest BCUT2D eigenvalue weighted by molar-refractivity contribution is -0.122. The molecule has 0 saturated carbocycles. The lowest BCUT2D eigenvalue weighted by Gasteiger charge is -2.15. The van der Waals surface area contributed by atoms with Crippen LogP contribution in [0.1, 0.15) is 24.0 Å². The van der Waals surface area contributed by atoms with Gasteiger partial charge in [0, 0.05) is 12.8 Å². The number of benzene rings is 1. The highest BCUT2D eigenvalue weighted by atomic mass is 32.2. The van der Waals surface area contributed by atoms with Crippen LogP contribution in [0.25, 0.3) is 0 Å². The molecule has 1 atom stereocenters. The average Bonchev–Trinajstić information content (AvgIpc) is 2.96. The fourth-order valence-electron chi connectivity index (χ4n) is 2.42. The van der Waals surface area contributed by atoms with Gasteiger partial charge in [-0.1, -0.05) is 12.1 Å². The van der Waals surface area contributed by atoms with Crippen LogP contribution in [0.4, 0.5) is 0 Å². The molecular weight excluding hydrogens is 286 g/mol. The van der Waals surface area contributed by atoms with Gasteiger partial charge in [-0.15, -0.1) is 0 Å². The topological polar surface area (TPSA) is 58.6 Å². The molecule has 0 aromatic heterocycles. The van der Waals surface area contributed by atoms with Gasteiger partial charge in [-0.2, -0.15) is 11.8 Å². The molecule has 0 saturated heterocycles. The second-order valence-corrected chi connectivity index (χ2v) is 6.25. The minimum atomic E-state index is -0.127. The number of fused-ring (bicyclic) bond motifs is 1. The summed E-state index contributed by atoms with van der Waals surface area (Å²) in [7, 11) is 0. The zero-order valence-electron chi connectivity index (χ0n) is 12.4. The lowest BCUT2D eigenvalue weighted by atomic mass is 10.0. The number of carbonyl (C=O) groups excluding carboxylic acids is 1. The van der Waals surface area contributed by atoms with E-state index in [1.807, 2.05) is 18.4 Å². The van der Waals surface area contributed by atoms with Gasteiger partial charge in [-0.3, -0.25) is 4.79 Å². The maximum absolute atomic E-state index is 11.9. The molecule has 0 radical (unpaired) electrons. The van der Waals surface area contributed by atoms with Crippen molar-refractivity contribution in [2.75, 3.05) is 25.2 Å². The van der Waals surface area contributed by atoms with Gasteiger partial charge in [0.15, 0.2) is 0 Å². The number of aliphatic hydroxyl groups is 1. The Kier molecular flexibility index (Phi) is 6.39. The van der Waals surface area contributed by atoms with Gasteiger partial charge < -0.3 is 15.2 Å². The smallest absolute Gasteiger partial charge is 0.220 e. The molecular formula is C16H23NO3S. The first-order chi connectivity index (χ1) is 10.2. The largest absolute Gasteiger partial charge is 0.493 e. The van der Waals surface area contributed by atoms with Crippen LogP contribution in [0, 0.1) is 0 Å². The Hall–Kier alpha value is -1.20. The quantitative estimate of drug-likeness (QED) is 0.768. The van der Waals surface area contributed by atoms with E-state index in [4.69, 9.17) is 4.74 Å². The SMILES string of the molecule is CSCC[C@@H](CO)NC(=O)CCc1ccc2c(c1)CCO2. The van der Waals surface area contributed by atoms with Crippen molar-refractivity contribution in [3.8, 4) is 5.75 Å². The number of ether oxygens (including phenoxy) is 1. The zero-order chi connectivity index (χ0) is 15.1. The number of nitrogens with one attached hydrogen (secondary N) is 1.